The number of carbonyl (C=O) groups excluding carboxylic acids is 2. The lowest BCUT2D eigenvalue weighted by Gasteiger charge is -2.23. The van der Waals surface area contributed by atoms with Gasteiger partial charge in [0, 0.05) is 12.5 Å². The molecule has 7 heteroatoms. The van der Waals surface area contributed by atoms with Crippen molar-refractivity contribution < 1.29 is 24.2 Å². The van der Waals surface area contributed by atoms with Crippen LogP contribution in [0.25, 0.3) is 11.1 Å². The fourth-order valence-corrected chi connectivity index (χ4v) is 4.40. The van der Waals surface area contributed by atoms with E-state index in [2.05, 4.69) is 34.9 Å². The Kier molecular flexibility index (Phi) is 8.54. The molecule has 0 aliphatic heterocycles. The van der Waals surface area contributed by atoms with Crippen molar-refractivity contribution in [2.75, 3.05) is 13.2 Å². The van der Waals surface area contributed by atoms with Crippen molar-refractivity contribution in [2.24, 2.45) is 11.3 Å². The van der Waals surface area contributed by atoms with E-state index in [-0.39, 0.29) is 30.4 Å². The largest absolute Gasteiger partial charge is 0.480 e. The Bertz CT molecular complexity index is 1010. The Balaban J connectivity index is 1.53. The van der Waals surface area contributed by atoms with E-state index >= 15 is 0 Å². The van der Waals surface area contributed by atoms with E-state index in [4.69, 9.17) is 4.74 Å². The fraction of sp³-hybridized carbons (Fsp3) is 0.464. The smallest absolute Gasteiger partial charge is 0.407 e. The van der Waals surface area contributed by atoms with Gasteiger partial charge in [-0.15, -0.1) is 0 Å². The van der Waals surface area contributed by atoms with Crippen LogP contribution < -0.4 is 10.6 Å². The molecule has 35 heavy (non-hydrogen) atoms. The lowest BCUT2D eigenvalue weighted by Crippen LogP contribution is -2.46. The average molecular weight is 481 g/mol. The number of amides is 2. The highest BCUT2D eigenvalue weighted by Crippen LogP contribution is 2.44. The summed E-state index contributed by atoms with van der Waals surface area (Å²) >= 11 is 0. The summed E-state index contributed by atoms with van der Waals surface area (Å²) in [6.07, 6.45) is 0.877. The van der Waals surface area contributed by atoms with Crippen LogP contribution in [-0.4, -0.2) is 42.3 Å². The zero-order chi connectivity index (χ0) is 25.6. The van der Waals surface area contributed by atoms with Gasteiger partial charge in [0.25, 0.3) is 0 Å². The van der Waals surface area contributed by atoms with E-state index in [1.165, 1.54) is 0 Å². The second-order valence-corrected chi connectivity index (χ2v) is 10.3. The highest BCUT2D eigenvalue weighted by Gasteiger charge is 2.30. The summed E-state index contributed by atoms with van der Waals surface area (Å²) in [4.78, 5) is 36.8. The molecule has 0 saturated carbocycles. The van der Waals surface area contributed by atoms with Crippen LogP contribution in [0.3, 0.4) is 0 Å². The minimum atomic E-state index is -1.05. The van der Waals surface area contributed by atoms with Gasteiger partial charge in [0.05, 0.1) is 5.92 Å². The maximum Gasteiger partial charge on any atom is 0.407 e. The number of rotatable bonds is 10. The first-order valence-electron chi connectivity index (χ1n) is 12.2. The van der Waals surface area contributed by atoms with Gasteiger partial charge in [0.2, 0.25) is 5.91 Å². The molecule has 0 heterocycles. The molecule has 0 saturated heterocycles. The van der Waals surface area contributed by atoms with Crippen LogP contribution in [0.4, 0.5) is 4.79 Å². The third kappa shape index (κ3) is 6.84. The standard InChI is InChI=1S/C28H36N2O5/c1-5-18(25(31)30-24(26(32)33)14-15-28(2,3)4)16-29-27(34)35-17-23-21-12-8-6-10-19(21)20-11-7-9-13-22(20)23/h6-13,18,23-24H,5,14-17H2,1-4H3,(H,29,34)(H,30,31)(H,32,33). The van der Waals surface area contributed by atoms with Gasteiger partial charge in [0.15, 0.2) is 0 Å². The number of fused-ring (bicyclic) bond motifs is 3. The minimum Gasteiger partial charge on any atom is -0.480 e. The Morgan fingerprint density at radius 3 is 2.09 bits per heavy atom. The molecular formula is C28H36N2O5. The molecule has 2 unspecified atom stereocenters. The molecule has 3 N–H and O–H groups in total. The van der Waals surface area contributed by atoms with Gasteiger partial charge in [-0.05, 0) is 46.9 Å². The summed E-state index contributed by atoms with van der Waals surface area (Å²) in [5.74, 6) is -2.03. The molecule has 0 aromatic heterocycles. The predicted octanol–water partition coefficient (Wildman–Crippen LogP) is 4.95. The Hall–Kier alpha value is -3.35. The van der Waals surface area contributed by atoms with E-state index < -0.39 is 24.0 Å². The number of ether oxygens (including phenoxy) is 1. The van der Waals surface area contributed by atoms with Crippen LogP contribution in [0, 0.1) is 11.3 Å². The second kappa shape index (κ2) is 11.4. The van der Waals surface area contributed by atoms with Gasteiger partial charge in [-0.25, -0.2) is 9.59 Å². The topological polar surface area (TPSA) is 105 Å². The van der Waals surface area contributed by atoms with Gasteiger partial charge in [-0.2, -0.15) is 0 Å². The summed E-state index contributed by atoms with van der Waals surface area (Å²) in [6.45, 7) is 8.18. The molecule has 0 fully saturated rings. The number of hydrogen-bond donors (Lipinski definition) is 3. The number of carboxylic acid groups (broad SMARTS) is 1. The van der Waals surface area contributed by atoms with Crippen LogP contribution in [0.15, 0.2) is 48.5 Å². The van der Waals surface area contributed by atoms with E-state index in [1.54, 1.807) is 0 Å². The lowest BCUT2D eigenvalue weighted by molar-refractivity contribution is -0.142. The number of hydrogen-bond acceptors (Lipinski definition) is 4. The molecule has 1 aliphatic carbocycles. The summed E-state index contributed by atoms with van der Waals surface area (Å²) in [5, 5.41) is 14.8. The van der Waals surface area contributed by atoms with Gasteiger partial charge >= 0.3 is 12.1 Å². The molecule has 2 aromatic carbocycles. The number of nitrogens with one attached hydrogen (secondary N) is 2. The van der Waals surface area contributed by atoms with Crippen LogP contribution in [0.5, 0.6) is 0 Å². The highest BCUT2D eigenvalue weighted by molar-refractivity contribution is 5.85. The maximum atomic E-state index is 12.7. The predicted molar refractivity (Wildman–Crippen MR) is 135 cm³/mol. The molecule has 0 spiro atoms. The van der Waals surface area contributed by atoms with Gasteiger partial charge in [-0.1, -0.05) is 76.2 Å². The maximum absolute atomic E-state index is 12.7. The highest BCUT2D eigenvalue weighted by atomic mass is 16.5. The molecule has 2 atom stereocenters. The number of carboxylic acids is 1. The molecule has 2 amide bonds. The molecule has 188 valence electrons. The number of alkyl carbamates (subject to hydrolysis) is 1. The minimum absolute atomic E-state index is 0.0335. The Labute approximate surface area is 207 Å². The summed E-state index contributed by atoms with van der Waals surface area (Å²) in [5.41, 5.74) is 4.52. The van der Waals surface area contributed by atoms with Crippen LogP contribution in [0.1, 0.15) is 64.0 Å². The Morgan fingerprint density at radius 2 is 1.57 bits per heavy atom. The Morgan fingerprint density at radius 1 is 1.00 bits per heavy atom. The van der Waals surface area contributed by atoms with Crippen LogP contribution in [0.2, 0.25) is 0 Å². The zero-order valence-electron chi connectivity index (χ0n) is 21.0. The molecule has 3 rings (SSSR count). The quantitative estimate of drug-likeness (QED) is 0.446. The van der Waals surface area contributed by atoms with Crippen molar-refractivity contribution in [1.29, 1.82) is 0 Å². The van der Waals surface area contributed by atoms with E-state index in [1.807, 2.05) is 52.0 Å². The van der Waals surface area contributed by atoms with Gasteiger partial charge < -0.3 is 20.5 Å². The molecule has 0 bridgehead atoms. The SMILES string of the molecule is CCC(CNC(=O)OCC1c2ccccc2-c2ccccc21)C(=O)NC(CCC(C)(C)C)C(=O)O. The van der Waals surface area contributed by atoms with Gasteiger partial charge in [-0.3, -0.25) is 4.79 Å². The molecular weight excluding hydrogens is 444 g/mol. The molecule has 0 radical (unpaired) electrons. The molecule has 1 aliphatic rings. The molecule has 2 aromatic rings. The normalized spacial score (nSPS) is 14.4. The van der Waals surface area contributed by atoms with Crippen molar-refractivity contribution >= 4 is 18.0 Å². The zero-order valence-corrected chi connectivity index (χ0v) is 21.0. The first kappa shape index (κ1) is 26.3. The first-order chi connectivity index (χ1) is 16.6. The van der Waals surface area contributed by atoms with E-state index in [0.717, 1.165) is 22.3 Å². The monoisotopic (exact) mass is 480 g/mol. The lowest BCUT2D eigenvalue weighted by atomic mass is 9.88. The summed E-state index contributed by atoms with van der Waals surface area (Å²) < 4.78 is 5.53. The third-order valence-electron chi connectivity index (χ3n) is 6.50. The van der Waals surface area contributed by atoms with Crippen molar-refractivity contribution in [2.45, 2.75) is 58.9 Å². The number of aliphatic carboxylic acids is 1. The third-order valence-corrected chi connectivity index (χ3v) is 6.50. The van der Waals surface area contributed by atoms with Gasteiger partial charge in [0.1, 0.15) is 12.6 Å². The average Bonchev–Trinajstić information content (AvgIpc) is 3.13. The van der Waals surface area contributed by atoms with E-state index in [0.29, 0.717) is 19.3 Å². The number of benzene rings is 2. The van der Waals surface area contributed by atoms with Crippen molar-refractivity contribution in [3.05, 3.63) is 59.7 Å². The first-order valence-corrected chi connectivity index (χ1v) is 12.2. The van der Waals surface area contributed by atoms with Crippen molar-refractivity contribution in [3.63, 3.8) is 0 Å². The second-order valence-electron chi connectivity index (χ2n) is 10.3. The van der Waals surface area contributed by atoms with Crippen molar-refractivity contribution in [3.8, 4) is 11.1 Å². The van der Waals surface area contributed by atoms with E-state index in [9.17, 15) is 19.5 Å². The number of carbonyl (C=O) groups is 3. The van der Waals surface area contributed by atoms with Crippen molar-refractivity contribution in [1.82, 2.24) is 10.6 Å². The summed E-state index contributed by atoms with van der Waals surface area (Å²) in [7, 11) is 0. The van der Waals surface area contributed by atoms with Crippen LogP contribution in [-0.2, 0) is 14.3 Å². The molecule has 7 nitrogen and oxygen atoms in total. The fourth-order valence-electron chi connectivity index (χ4n) is 4.40. The summed E-state index contributed by atoms with van der Waals surface area (Å²) in [6, 6.07) is 15.3. The van der Waals surface area contributed by atoms with Crippen LogP contribution >= 0.6 is 0 Å².